The van der Waals surface area contributed by atoms with Gasteiger partial charge in [0, 0.05) is 37.1 Å². The minimum Gasteiger partial charge on any atom is -0.392 e. The van der Waals surface area contributed by atoms with Crippen molar-refractivity contribution in [2.75, 3.05) is 5.75 Å². The molecule has 1 saturated heterocycles. The fourth-order valence-electron chi connectivity index (χ4n) is 4.01. The molecule has 3 atom stereocenters. The first kappa shape index (κ1) is 27.7. The van der Waals surface area contributed by atoms with Crippen LogP contribution >= 0.6 is 11.8 Å². The van der Waals surface area contributed by atoms with Gasteiger partial charge in [-0.1, -0.05) is 60.3 Å². The zero-order valence-electron chi connectivity index (χ0n) is 20.7. The summed E-state index contributed by atoms with van der Waals surface area (Å²) in [5.41, 5.74) is 5.19. The van der Waals surface area contributed by atoms with Crippen LogP contribution in [0.3, 0.4) is 0 Å². The molecular formula is C26H31N5O6S. The Morgan fingerprint density at radius 3 is 2.39 bits per heavy atom. The van der Waals surface area contributed by atoms with E-state index in [0.29, 0.717) is 25.1 Å². The van der Waals surface area contributed by atoms with Gasteiger partial charge in [-0.3, -0.25) is 19.9 Å². The van der Waals surface area contributed by atoms with Crippen molar-refractivity contribution in [1.82, 2.24) is 26.0 Å². The minimum absolute atomic E-state index is 0.0122. The number of aliphatic hydroxyl groups is 1. The molecule has 0 radical (unpaired) electrons. The lowest BCUT2D eigenvalue weighted by atomic mass is 10.0. The van der Waals surface area contributed by atoms with Gasteiger partial charge >= 0.3 is 0 Å². The molecule has 0 bridgehead atoms. The number of aromatic amines is 1. The molecule has 2 heterocycles. The number of hydrogen-bond acceptors (Lipinski definition) is 9. The first-order valence-corrected chi connectivity index (χ1v) is 13.3. The van der Waals surface area contributed by atoms with Gasteiger partial charge in [0.05, 0.1) is 18.8 Å². The van der Waals surface area contributed by atoms with Gasteiger partial charge in [-0.2, -0.15) is 5.10 Å². The number of amides is 2. The monoisotopic (exact) mass is 541 g/mol. The largest absolute Gasteiger partial charge is 0.392 e. The van der Waals surface area contributed by atoms with E-state index >= 15 is 0 Å². The number of H-pyrrole nitrogens is 1. The number of nitrogens with zero attached hydrogens (tertiary/aromatic N) is 2. The molecule has 0 saturated carbocycles. The van der Waals surface area contributed by atoms with Crippen LogP contribution < -0.4 is 10.8 Å². The summed E-state index contributed by atoms with van der Waals surface area (Å²) in [4.78, 5) is 27.2. The van der Waals surface area contributed by atoms with E-state index < -0.39 is 12.2 Å². The molecule has 3 aromatic rings. The number of rotatable bonds is 12. The van der Waals surface area contributed by atoms with Crippen molar-refractivity contribution < 1.29 is 29.4 Å². The normalized spacial score (nSPS) is 19.2. The third kappa shape index (κ3) is 8.10. The summed E-state index contributed by atoms with van der Waals surface area (Å²) in [5.74, 6) is -0.00523. The Morgan fingerprint density at radius 1 is 1.00 bits per heavy atom. The zero-order valence-corrected chi connectivity index (χ0v) is 21.5. The molecule has 1 aliphatic rings. The molecule has 202 valence electrons. The van der Waals surface area contributed by atoms with Crippen LogP contribution in [0.4, 0.5) is 0 Å². The SMILES string of the molecule is O=C(CCCC(=O)NCc1ccc([C@@H]2O[C@H](CSc3ncn[nH]3)C[C@H](c3ccc(CO)cc3)O2)cc1)NO. The molecule has 11 nitrogen and oxygen atoms in total. The van der Waals surface area contributed by atoms with E-state index in [4.69, 9.17) is 14.7 Å². The molecule has 0 spiro atoms. The highest BCUT2D eigenvalue weighted by Gasteiger charge is 2.32. The van der Waals surface area contributed by atoms with Crippen LogP contribution in [0.5, 0.6) is 0 Å². The van der Waals surface area contributed by atoms with Gasteiger partial charge in [-0.25, -0.2) is 10.5 Å². The van der Waals surface area contributed by atoms with E-state index in [-0.39, 0.29) is 37.6 Å². The minimum atomic E-state index is -0.576. The maximum Gasteiger partial charge on any atom is 0.243 e. The number of hydrogen-bond donors (Lipinski definition) is 5. The second-order valence-corrected chi connectivity index (χ2v) is 9.87. The van der Waals surface area contributed by atoms with Gasteiger partial charge in [0.1, 0.15) is 6.33 Å². The Kier molecular flexibility index (Phi) is 10.2. The third-order valence-corrected chi connectivity index (χ3v) is 7.10. The Hall–Kier alpha value is -3.29. The van der Waals surface area contributed by atoms with E-state index in [1.165, 1.54) is 18.1 Å². The molecule has 2 amide bonds. The molecule has 5 N–H and O–H groups in total. The Balaban J connectivity index is 1.37. The Morgan fingerprint density at radius 2 is 1.71 bits per heavy atom. The fourth-order valence-corrected chi connectivity index (χ4v) is 4.80. The highest BCUT2D eigenvalue weighted by molar-refractivity contribution is 7.99. The number of benzene rings is 2. The highest BCUT2D eigenvalue weighted by Crippen LogP contribution is 2.39. The molecule has 4 rings (SSSR count). The van der Waals surface area contributed by atoms with Crippen molar-refractivity contribution in [2.24, 2.45) is 0 Å². The Labute approximate surface area is 224 Å². The topological polar surface area (TPSA) is 159 Å². The maximum atomic E-state index is 12.0. The molecule has 2 aromatic carbocycles. The number of nitrogens with one attached hydrogen (secondary N) is 3. The molecular weight excluding hydrogens is 510 g/mol. The summed E-state index contributed by atoms with van der Waals surface area (Å²) in [6.07, 6.45) is 1.92. The molecule has 12 heteroatoms. The lowest BCUT2D eigenvalue weighted by molar-refractivity contribution is -0.245. The van der Waals surface area contributed by atoms with Gasteiger partial charge in [0.2, 0.25) is 11.8 Å². The first-order chi connectivity index (χ1) is 18.5. The highest BCUT2D eigenvalue weighted by atomic mass is 32.2. The third-order valence-electron chi connectivity index (χ3n) is 6.09. The summed E-state index contributed by atoms with van der Waals surface area (Å²) < 4.78 is 12.7. The van der Waals surface area contributed by atoms with Crippen LogP contribution in [-0.2, 0) is 32.2 Å². The summed E-state index contributed by atoms with van der Waals surface area (Å²) in [6.45, 7) is 0.343. The van der Waals surface area contributed by atoms with Gasteiger partial charge in [-0.05, 0) is 23.1 Å². The number of hydroxylamine groups is 1. The summed E-state index contributed by atoms with van der Waals surface area (Å²) in [5, 5.41) is 28.2. The van der Waals surface area contributed by atoms with E-state index in [2.05, 4.69) is 20.5 Å². The predicted octanol–water partition coefficient (Wildman–Crippen LogP) is 2.93. The molecule has 0 unspecified atom stereocenters. The van der Waals surface area contributed by atoms with Crippen molar-refractivity contribution in [3.05, 3.63) is 77.1 Å². The van der Waals surface area contributed by atoms with Crippen molar-refractivity contribution in [1.29, 1.82) is 0 Å². The van der Waals surface area contributed by atoms with Crippen LogP contribution in [0.15, 0.2) is 60.0 Å². The predicted molar refractivity (Wildman–Crippen MR) is 138 cm³/mol. The van der Waals surface area contributed by atoms with E-state index in [0.717, 1.165) is 27.4 Å². The van der Waals surface area contributed by atoms with Crippen LogP contribution in [0.2, 0.25) is 0 Å². The number of carbonyl (C=O) groups is 2. The van der Waals surface area contributed by atoms with Gasteiger partial charge < -0.3 is 19.9 Å². The van der Waals surface area contributed by atoms with Crippen LogP contribution in [-0.4, -0.2) is 49.2 Å². The zero-order chi connectivity index (χ0) is 26.7. The standard InChI is InChI=1S/C26H31N5O6S/c32-14-18-6-8-19(9-7-18)22-12-21(15-38-26-28-16-29-30-26)36-25(37-22)20-10-4-17(5-11-20)13-27-23(33)2-1-3-24(34)31-35/h4-11,16,21-22,25,32,35H,1-3,12-15H2,(H,27,33)(H,31,34)(H,28,29,30)/t21-,22+,25+/m0/s1. The van der Waals surface area contributed by atoms with E-state index in [1.807, 2.05) is 48.5 Å². The lowest BCUT2D eigenvalue weighted by Crippen LogP contribution is -2.31. The van der Waals surface area contributed by atoms with Crippen LogP contribution in [0.25, 0.3) is 0 Å². The van der Waals surface area contributed by atoms with Gasteiger partial charge in [-0.15, -0.1) is 0 Å². The smallest absolute Gasteiger partial charge is 0.243 e. The molecule has 1 fully saturated rings. The summed E-state index contributed by atoms with van der Waals surface area (Å²) in [7, 11) is 0. The molecule has 1 aromatic heterocycles. The lowest BCUT2D eigenvalue weighted by Gasteiger charge is -2.36. The Bertz CT molecular complexity index is 1160. The number of aliphatic hydroxyl groups excluding tert-OH is 1. The van der Waals surface area contributed by atoms with E-state index in [9.17, 15) is 14.7 Å². The molecule has 1 aliphatic heterocycles. The van der Waals surface area contributed by atoms with Crippen LogP contribution in [0, 0.1) is 0 Å². The second-order valence-electron chi connectivity index (χ2n) is 8.86. The van der Waals surface area contributed by atoms with Gasteiger partial charge in [0.15, 0.2) is 11.4 Å². The quantitative estimate of drug-likeness (QED) is 0.132. The number of aromatic nitrogens is 3. The fraction of sp³-hybridized carbons (Fsp3) is 0.385. The van der Waals surface area contributed by atoms with Crippen molar-refractivity contribution in [2.45, 2.75) is 62.5 Å². The average molecular weight is 542 g/mol. The first-order valence-electron chi connectivity index (χ1n) is 12.3. The molecule has 0 aliphatic carbocycles. The summed E-state index contributed by atoms with van der Waals surface area (Å²) in [6, 6.07) is 15.4. The van der Waals surface area contributed by atoms with E-state index in [1.54, 1.807) is 5.48 Å². The van der Waals surface area contributed by atoms with Gasteiger partial charge in [0.25, 0.3) is 0 Å². The van der Waals surface area contributed by atoms with Crippen molar-refractivity contribution in [3.8, 4) is 0 Å². The summed E-state index contributed by atoms with van der Waals surface area (Å²) >= 11 is 1.54. The van der Waals surface area contributed by atoms with Crippen molar-refractivity contribution >= 4 is 23.6 Å². The average Bonchev–Trinajstić information content (AvgIpc) is 3.49. The molecule has 38 heavy (non-hydrogen) atoms. The number of thioether (sulfide) groups is 1. The maximum absolute atomic E-state index is 12.0. The second kappa shape index (κ2) is 14.0. The number of carbonyl (C=O) groups excluding carboxylic acids is 2. The number of ether oxygens (including phenoxy) is 2. The van der Waals surface area contributed by atoms with Crippen molar-refractivity contribution in [3.63, 3.8) is 0 Å². The van der Waals surface area contributed by atoms with Crippen LogP contribution in [0.1, 0.15) is 60.3 Å².